The fourth-order valence-corrected chi connectivity index (χ4v) is 1.02. The molecule has 56 valence electrons. The summed E-state index contributed by atoms with van der Waals surface area (Å²) in [6.45, 7) is 0. The second-order valence-corrected chi connectivity index (χ2v) is 2.20. The van der Waals surface area contributed by atoms with Crippen LogP contribution in [0.15, 0.2) is 42.6 Å². The minimum Gasteiger partial charge on any atom is -0.256 e. The molecule has 0 atom stereocenters. The molecule has 2 aromatic rings. The summed E-state index contributed by atoms with van der Waals surface area (Å²) in [6.07, 6.45) is 1.81. The zero-order valence-electron chi connectivity index (χ0n) is 5.80. The molecule has 0 unspecified atom stereocenters. The summed E-state index contributed by atoms with van der Waals surface area (Å²) in [4.78, 5) is 4.18. The number of benzene rings is 1. The van der Waals surface area contributed by atoms with Gasteiger partial charge in [-0.2, -0.15) is 0 Å². The summed E-state index contributed by atoms with van der Waals surface area (Å²) in [5.41, 5.74) is 1.06. The number of para-hydroxylation sites is 1. The first-order chi connectivity index (χ1) is 4.97. The van der Waals surface area contributed by atoms with Crippen LogP contribution in [0.25, 0.3) is 10.9 Å². The van der Waals surface area contributed by atoms with E-state index in [1.165, 1.54) is 5.39 Å². The molecule has 0 aliphatic carbocycles. The van der Waals surface area contributed by atoms with Gasteiger partial charge in [0.25, 0.3) is 0 Å². The molecule has 0 radical (unpaired) electrons. The van der Waals surface area contributed by atoms with Crippen molar-refractivity contribution in [2.24, 2.45) is 0 Å². The molecule has 1 aromatic carbocycles. The molecule has 1 aromatic heterocycles. The first-order valence-corrected chi connectivity index (χ1v) is 3.26. The van der Waals surface area contributed by atoms with Crippen LogP contribution in [0.4, 0.5) is 0 Å². The number of hydrogen-bond donors (Lipinski definition) is 0. The Hall–Kier alpha value is -0.876. The van der Waals surface area contributed by atoms with Gasteiger partial charge in [0.05, 0.1) is 5.52 Å². The van der Waals surface area contributed by atoms with E-state index in [2.05, 4.69) is 17.1 Å². The van der Waals surface area contributed by atoms with E-state index in [0.717, 1.165) is 5.52 Å². The Bertz CT molecular complexity index is 281. The minimum atomic E-state index is 0. The summed E-state index contributed by atoms with van der Waals surface area (Å²) >= 11 is 0. The van der Waals surface area contributed by atoms with Crippen molar-refractivity contribution in [2.45, 2.75) is 0 Å². The molecule has 2 heteroatoms. The van der Waals surface area contributed by atoms with E-state index in [9.17, 15) is 0 Å². The van der Waals surface area contributed by atoms with Crippen LogP contribution >= 0.6 is 0 Å². The van der Waals surface area contributed by atoms with E-state index >= 15 is 0 Å². The SMILES string of the molecule is [Ni+2].c1ccc2ncccc2c1. The first-order valence-electron chi connectivity index (χ1n) is 3.26. The van der Waals surface area contributed by atoms with Gasteiger partial charge in [0.15, 0.2) is 0 Å². The Labute approximate surface area is 75.4 Å². The van der Waals surface area contributed by atoms with Gasteiger partial charge in [-0.3, -0.25) is 4.98 Å². The summed E-state index contributed by atoms with van der Waals surface area (Å²) < 4.78 is 0. The molecule has 0 amide bonds. The molecule has 0 saturated carbocycles. The van der Waals surface area contributed by atoms with Crippen LogP contribution in [-0.4, -0.2) is 4.98 Å². The van der Waals surface area contributed by atoms with Crippen LogP contribution in [0.2, 0.25) is 0 Å². The van der Waals surface area contributed by atoms with E-state index < -0.39 is 0 Å². The second kappa shape index (κ2) is 3.50. The molecular formula is C9H7NNi+2. The van der Waals surface area contributed by atoms with Crippen LogP contribution in [-0.2, 0) is 16.5 Å². The predicted octanol–water partition coefficient (Wildman–Crippen LogP) is 2.23. The summed E-state index contributed by atoms with van der Waals surface area (Å²) in [6, 6.07) is 12.1. The summed E-state index contributed by atoms with van der Waals surface area (Å²) in [7, 11) is 0. The largest absolute Gasteiger partial charge is 2.00 e. The number of fused-ring (bicyclic) bond motifs is 1. The molecule has 1 nitrogen and oxygen atoms in total. The summed E-state index contributed by atoms with van der Waals surface area (Å²) in [5.74, 6) is 0. The Balaban J connectivity index is 0.000000605. The monoisotopic (exact) mass is 187 g/mol. The average molecular weight is 188 g/mol. The molecule has 0 aliphatic rings. The van der Waals surface area contributed by atoms with Gasteiger partial charge in [0.2, 0.25) is 0 Å². The van der Waals surface area contributed by atoms with Gasteiger partial charge >= 0.3 is 16.5 Å². The van der Waals surface area contributed by atoms with E-state index in [1.54, 1.807) is 0 Å². The molecule has 0 N–H and O–H groups in total. The number of hydrogen-bond acceptors (Lipinski definition) is 1. The van der Waals surface area contributed by atoms with E-state index in [0.29, 0.717) is 0 Å². The Morgan fingerprint density at radius 3 is 2.45 bits per heavy atom. The fraction of sp³-hybridized carbons (Fsp3) is 0. The maximum atomic E-state index is 4.18. The van der Waals surface area contributed by atoms with Crippen LogP contribution < -0.4 is 0 Å². The van der Waals surface area contributed by atoms with Gasteiger partial charge in [-0.1, -0.05) is 24.3 Å². The topological polar surface area (TPSA) is 12.9 Å². The van der Waals surface area contributed by atoms with Crippen LogP contribution in [0.1, 0.15) is 0 Å². The van der Waals surface area contributed by atoms with Gasteiger partial charge in [-0.15, -0.1) is 0 Å². The van der Waals surface area contributed by atoms with E-state index in [-0.39, 0.29) is 16.5 Å². The molecule has 0 saturated heterocycles. The van der Waals surface area contributed by atoms with E-state index in [1.807, 2.05) is 30.5 Å². The molecular weight excluding hydrogens is 181 g/mol. The zero-order valence-corrected chi connectivity index (χ0v) is 6.79. The Morgan fingerprint density at radius 1 is 0.909 bits per heavy atom. The standard InChI is InChI=1S/C9H7N.Ni/c1-2-6-9-8(4-1)5-3-7-10-9;/h1-7H;/q;+2. The van der Waals surface area contributed by atoms with Crippen LogP contribution in [0.5, 0.6) is 0 Å². The number of pyridine rings is 1. The molecule has 11 heavy (non-hydrogen) atoms. The van der Waals surface area contributed by atoms with Crippen molar-refractivity contribution in [1.29, 1.82) is 0 Å². The maximum Gasteiger partial charge on any atom is 2.00 e. The van der Waals surface area contributed by atoms with Crippen molar-refractivity contribution in [3.8, 4) is 0 Å². The van der Waals surface area contributed by atoms with Crippen LogP contribution in [0, 0.1) is 0 Å². The van der Waals surface area contributed by atoms with E-state index in [4.69, 9.17) is 0 Å². The fourth-order valence-electron chi connectivity index (χ4n) is 1.02. The summed E-state index contributed by atoms with van der Waals surface area (Å²) in [5, 5.41) is 1.20. The number of rotatable bonds is 0. The minimum absolute atomic E-state index is 0. The smallest absolute Gasteiger partial charge is 0.256 e. The third-order valence-corrected chi connectivity index (χ3v) is 1.51. The van der Waals surface area contributed by atoms with Crippen molar-refractivity contribution >= 4 is 10.9 Å². The zero-order chi connectivity index (χ0) is 6.81. The second-order valence-electron chi connectivity index (χ2n) is 2.20. The number of aromatic nitrogens is 1. The van der Waals surface area contributed by atoms with Crippen molar-refractivity contribution in [1.82, 2.24) is 4.98 Å². The van der Waals surface area contributed by atoms with Crippen molar-refractivity contribution in [3.63, 3.8) is 0 Å². The van der Waals surface area contributed by atoms with Crippen LogP contribution in [0.3, 0.4) is 0 Å². The van der Waals surface area contributed by atoms with Gasteiger partial charge in [-0.05, 0) is 12.1 Å². The van der Waals surface area contributed by atoms with Gasteiger partial charge in [0, 0.05) is 11.6 Å². The molecule has 0 bridgehead atoms. The molecule has 0 spiro atoms. The maximum absolute atomic E-state index is 4.18. The van der Waals surface area contributed by atoms with Gasteiger partial charge < -0.3 is 0 Å². The average Bonchev–Trinajstić information content (AvgIpc) is 2.05. The molecule has 1 heterocycles. The molecule has 2 rings (SSSR count). The van der Waals surface area contributed by atoms with Crippen molar-refractivity contribution < 1.29 is 16.5 Å². The normalized spacial score (nSPS) is 9.09. The quantitative estimate of drug-likeness (QED) is 0.577. The molecule has 0 fully saturated rings. The Morgan fingerprint density at radius 2 is 1.64 bits per heavy atom. The third kappa shape index (κ3) is 1.58. The number of nitrogens with zero attached hydrogens (tertiary/aromatic N) is 1. The van der Waals surface area contributed by atoms with Gasteiger partial charge in [0.1, 0.15) is 0 Å². The Kier molecular flexibility index (Phi) is 2.61. The van der Waals surface area contributed by atoms with Crippen molar-refractivity contribution in [2.75, 3.05) is 0 Å². The third-order valence-electron chi connectivity index (χ3n) is 1.51. The molecule has 0 aliphatic heterocycles. The van der Waals surface area contributed by atoms with Crippen molar-refractivity contribution in [3.05, 3.63) is 42.6 Å². The first kappa shape index (κ1) is 8.22. The van der Waals surface area contributed by atoms with Gasteiger partial charge in [-0.25, -0.2) is 0 Å². The predicted molar refractivity (Wildman–Crippen MR) is 41.7 cm³/mol.